The SMILES string of the molecule is CCOC(=O)c1cc(-c2ccc(N3CCN(C(=O)c4cc(Cl)cnc4Cl)CC3)cc2)n(-c2cccc(F)c2)n1. The molecule has 1 aliphatic heterocycles. The maximum atomic E-state index is 14.0. The number of hydrogen-bond donors (Lipinski definition) is 0. The minimum atomic E-state index is -0.548. The topological polar surface area (TPSA) is 80.6 Å². The summed E-state index contributed by atoms with van der Waals surface area (Å²) in [6.45, 7) is 4.23. The van der Waals surface area contributed by atoms with Gasteiger partial charge in [0.1, 0.15) is 11.0 Å². The lowest BCUT2D eigenvalue weighted by Gasteiger charge is -2.36. The number of pyridine rings is 1. The van der Waals surface area contributed by atoms with E-state index in [4.69, 9.17) is 27.9 Å². The van der Waals surface area contributed by atoms with Crippen LogP contribution < -0.4 is 4.90 Å². The van der Waals surface area contributed by atoms with Crippen molar-refractivity contribution in [3.8, 4) is 16.9 Å². The van der Waals surface area contributed by atoms with Crippen LogP contribution in [-0.2, 0) is 4.74 Å². The molecule has 2 aromatic heterocycles. The van der Waals surface area contributed by atoms with Gasteiger partial charge in [-0.15, -0.1) is 0 Å². The molecule has 0 radical (unpaired) electrons. The van der Waals surface area contributed by atoms with Crippen molar-refractivity contribution in [2.24, 2.45) is 0 Å². The molecule has 0 saturated carbocycles. The Hall–Kier alpha value is -3.95. The van der Waals surface area contributed by atoms with Gasteiger partial charge in [-0.1, -0.05) is 41.4 Å². The molecule has 0 spiro atoms. The van der Waals surface area contributed by atoms with Gasteiger partial charge in [-0.05, 0) is 49.4 Å². The van der Waals surface area contributed by atoms with E-state index in [0.29, 0.717) is 48.1 Å². The maximum Gasteiger partial charge on any atom is 0.358 e. The van der Waals surface area contributed by atoms with Gasteiger partial charge >= 0.3 is 5.97 Å². The summed E-state index contributed by atoms with van der Waals surface area (Å²) in [5.74, 6) is -1.16. The van der Waals surface area contributed by atoms with Gasteiger partial charge in [0.15, 0.2) is 5.69 Å². The van der Waals surface area contributed by atoms with E-state index < -0.39 is 11.8 Å². The van der Waals surface area contributed by atoms with E-state index in [0.717, 1.165) is 11.3 Å². The summed E-state index contributed by atoms with van der Waals surface area (Å²) in [5, 5.41) is 4.88. The number of rotatable bonds is 6. The number of carbonyl (C=O) groups excluding carboxylic acids is 2. The summed E-state index contributed by atoms with van der Waals surface area (Å²) in [6.07, 6.45) is 1.41. The van der Waals surface area contributed by atoms with Crippen molar-refractivity contribution in [3.05, 3.63) is 94.1 Å². The molecule has 0 aliphatic carbocycles. The highest BCUT2D eigenvalue weighted by atomic mass is 35.5. The number of halogens is 3. The highest BCUT2D eigenvalue weighted by Crippen LogP contribution is 2.28. The summed E-state index contributed by atoms with van der Waals surface area (Å²) >= 11 is 12.1. The molecule has 1 aliphatic rings. The quantitative estimate of drug-likeness (QED) is 0.225. The second-order valence-corrected chi connectivity index (χ2v) is 9.64. The first-order valence-electron chi connectivity index (χ1n) is 12.3. The number of hydrogen-bond acceptors (Lipinski definition) is 6. The molecular formula is C28H24Cl2FN5O3. The fourth-order valence-corrected chi connectivity index (χ4v) is 4.79. The first-order valence-corrected chi connectivity index (χ1v) is 13.1. The van der Waals surface area contributed by atoms with Crippen molar-refractivity contribution in [3.63, 3.8) is 0 Å². The van der Waals surface area contributed by atoms with Gasteiger partial charge in [-0.25, -0.2) is 18.9 Å². The molecule has 1 saturated heterocycles. The molecule has 0 atom stereocenters. The highest BCUT2D eigenvalue weighted by Gasteiger charge is 2.25. The molecule has 11 heteroatoms. The van der Waals surface area contributed by atoms with E-state index in [-0.39, 0.29) is 23.4 Å². The number of benzene rings is 2. The number of amides is 1. The average Bonchev–Trinajstić information content (AvgIpc) is 3.40. The molecule has 5 rings (SSSR count). The zero-order valence-corrected chi connectivity index (χ0v) is 22.5. The van der Waals surface area contributed by atoms with E-state index in [2.05, 4.69) is 15.0 Å². The third-order valence-corrected chi connectivity index (χ3v) is 6.89. The molecule has 1 amide bonds. The molecule has 0 N–H and O–H groups in total. The molecule has 39 heavy (non-hydrogen) atoms. The minimum absolute atomic E-state index is 0.131. The van der Waals surface area contributed by atoms with E-state index in [1.165, 1.54) is 29.1 Å². The lowest BCUT2D eigenvalue weighted by molar-refractivity contribution is 0.0518. The smallest absolute Gasteiger partial charge is 0.358 e. The van der Waals surface area contributed by atoms with Crippen LogP contribution in [0.3, 0.4) is 0 Å². The normalized spacial score (nSPS) is 13.4. The second-order valence-electron chi connectivity index (χ2n) is 8.84. The second kappa shape index (κ2) is 11.4. The largest absolute Gasteiger partial charge is 0.461 e. The monoisotopic (exact) mass is 567 g/mol. The summed E-state index contributed by atoms with van der Waals surface area (Å²) in [6, 6.07) is 17.0. The fraction of sp³-hybridized carbons (Fsp3) is 0.214. The Morgan fingerprint density at radius 3 is 2.41 bits per heavy atom. The number of piperazine rings is 1. The van der Waals surface area contributed by atoms with Gasteiger partial charge in [0.2, 0.25) is 0 Å². The molecule has 2 aromatic carbocycles. The maximum absolute atomic E-state index is 14.0. The number of esters is 1. The van der Waals surface area contributed by atoms with Crippen LogP contribution in [0.25, 0.3) is 16.9 Å². The number of ether oxygens (including phenoxy) is 1. The van der Waals surface area contributed by atoms with Gasteiger partial charge in [-0.3, -0.25) is 4.79 Å². The zero-order valence-electron chi connectivity index (χ0n) is 21.0. The summed E-state index contributed by atoms with van der Waals surface area (Å²) in [5.41, 5.74) is 3.31. The van der Waals surface area contributed by atoms with Crippen LogP contribution in [0.4, 0.5) is 10.1 Å². The van der Waals surface area contributed by atoms with E-state index in [1.807, 2.05) is 24.3 Å². The van der Waals surface area contributed by atoms with Crippen LogP contribution in [0.1, 0.15) is 27.8 Å². The third kappa shape index (κ3) is 5.74. The van der Waals surface area contributed by atoms with E-state index >= 15 is 0 Å². The first kappa shape index (κ1) is 26.6. The molecule has 0 bridgehead atoms. The Kier molecular flexibility index (Phi) is 7.81. The zero-order chi connectivity index (χ0) is 27.5. The van der Waals surface area contributed by atoms with Crippen LogP contribution in [0.15, 0.2) is 66.9 Å². The summed E-state index contributed by atoms with van der Waals surface area (Å²) in [4.78, 5) is 33.2. The molecule has 3 heterocycles. The Bertz CT molecular complexity index is 1520. The van der Waals surface area contributed by atoms with Gasteiger partial charge < -0.3 is 14.5 Å². The van der Waals surface area contributed by atoms with Gasteiger partial charge in [0.05, 0.1) is 28.6 Å². The number of aromatic nitrogens is 3. The van der Waals surface area contributed by atoms with Crippen molar-refractivity contribution in [1.29, 1.82) is 0 Å². The van der Waals surface area contributed by atoms with Crippen molar-refractivity contribution >= 4 is 40.8 Å². The van der Waals surface area contributed by atoms with Gasteiger partial charge in [-0.2, -0.15) is 5.10 Å². The van der Waals surface area contributed by atoms with Crippen LogP contribution in [0.2, 0.25) is 10.2 Å². The lowest BCUT2D eigenvalue weighted by atomic mass is 10.1. The number of anilines is 1. The average molecular weight is 568 g/mol. The van der Waals surface area contributed by atoms with Crippen LogP contribution in [0, 0.1) is 5.82 Å². The Morgan fingerprint density at radius 1 is 0.974 bits per heavy atom. The van der Waals surface area contributed by atoms with Crippen LogP contribution in [-0.4, -0.2) is 64.3 Å². The van der Waals surface area contributed by atoms with Gasteiger partial charge in [0, 0.05) is 43.6 Å². The van der Waals surface area contributed by atoms with Crippen molar-refractivity contribution in [2.75, 3.05) is 37.7 Å². The van der Waals surface area contributed by atoms with Crippen molar-refractivity contribution in [2.45, 2.75) is 6.92 Å². The van der Waals surface area contributed by atoms with E-state index in [9.17, 15) is 14.0 Å². The van der Waals surface area contributed by atoms with Crippen molar-refractivity contribution < 1.29 is 18.7 Å². The predicted molar refractivity (Wildman–Crippen MR) is 147 cm³/mol. The molecule has 0 unspecified atom stereocenters. The summed E-state index contributed by atoms with van der Waals surface area (Å²) < 4.78 is 20.6. The highest BCUT2D eigenvalue weighted by molar-refractivity contribution is 6.34. The van der Waals surface area contributed by atoms with Crippen molar-refractivity contribution in [1.82, 2.24) is 19.7 Å². The third-order valence-electron chi connectivity index (χ3n) is 6.38. The fourth-order valence-electron chi connectivity index (χ4n) is 4.45. The Morgan fingerprint density at radius 2 is 1.72 bits per heavy atom. The molecule has 4 aromatic rings. The van der Waals surface area contributed by atoms with Crippen LogP contribution in [0.5, 0.6) is 0 Å². The lowest BCUT2D eigenvalue weighted by Crippen LogP contribution is -2.48. The minimum Gasteiger partial charge on any atom is -0.461 e. The summed E-state index contributed by atoms with van der Waals surface area (Å²) in [7, 11) is 0. The predicted octanol–water partition coefficient (Wildman–Crippen LogP) is 5.52. The molecular weight excluding hydrogens is 544 g/mol. The Balaban J connectivity index is 1.34. The van der Waals surface area contributed by atoms with Gasteiger partial charge in [0.25, 0.3) is 5.91 Å². The number of carbonyl (C=O) groups is 2. The standard InChI is InChI=1S/C28H24Cl2FN5O3/c1-2-39-28(38)24-16-25(36(33-24)22-5-3-4-20(31)15-22)18-6-8-21(9-7-18)34-10-12-35(13-11-34)27(37)23-14-19(29)17-32-26(23)30/h3-9,14-17H,2,10-13H2,1H3. The molecule has 200 valence electrons. The first-order chi connectivity index (χ1) is 18.8. The van der Waals surface area contributed by atoms with Crippen LogP contribution >= 0.6 is 23.2 Å². The van der Waals surface area contributed by atoms with E-state index in [1.54, 1.807) is 30.0 Å². The molecule has 8 nitrogen and oxygen atoms in total. The Labute approximate surface area is 234 Å². The number of nitrogens with zero attached hydrogens (tertiary/aromatic N) is 5. The molecule has 1 fully saturated rings.